The van der Waals surface area contributed by atoms with E-state index in [1.807, 2.05) is 36.4 Å². The Labute approximate surface area is 133 Å². The van der Waals surface area contributed by atoms with E-state index in [9.17, 15) is 4.79 Å². The van der Waals surface area contributed by atoms with Crippen molar-refractivity contribution in [1.82, 2.24) is 5.32 Å². The summed E-state index contributed by atoms with van der Waals surface area (Å²) in [5, 5.41) is 3.20. The lowest BCUT2D eigenvalue weighted by atomic mass is 9.83. The number of hydrogen-bond donors (Lipinski definition) is 1. The lowest BCUT2D eigenvalue weighted by Gasteiger charge is -2.31. The van der Waals surface area contributed by atoms with Crippen LogP contribution in [0.5, 0.6) is 0 Å². The quantitative estimate of drug-likeness (QED) is 0.866. The van der Waals surface area contributed by atoms with Gasteiger partial charge in [0.2, 0.25) is 0 Å². The van der Waals surface area contributed by atoms with Crippen molar-refractivity contribution >= 4 is 5.91 Å². The number of carbonyl (C=O) groups is 1. The van der Waals surface area contributed by atoms with E-state index in [4.69, 9.17) is 0 Å². The number of rotatable bonds is 5. The summed E-state index contributed by atoms with van der Waals surface area (Å²) in [4.78, 5) is 12.4. The normalized spacial score (nSPS) is 12.7. The van der Waals surface area contributed by atoms with Crippen molar-refractivity contribution in [1.29, 1.82) is 0 Å². The molecule has 0 saturated carbocycles. The molecular formula is C20H25NO. The summed E-state index contributed by atoms with van der Waals surface area (Å²) in [5.74, 6) is 0.00795. The van der Waals surface area contributed by atoms with E-state index < -0.39 is 0 Å². The van der Waals surface area contributed by atoms with Crippen LogP contribution in [0.25, 0.3) is 0 Å². The zero-order valence-electron chi connectivity index (χ0n) is 13.7. The fourth-order valence-electron chi connectivity index (χ4n) is 2.51. The molecule has 0 bridgehead atoms. The Balaban J connectivity index is 2.02. The number of carbonyl (C=O) groups excluding carboxylic acids is 1. The predicted molar refractivity (Wildman–Crippen MR) is 91.9 cm³/mol. The van der Waals surface area contributed by atoms with Crippen molar-refractivity contribution < 1.29 is 4.79 Å². The SMILES string of the molecule is CC(C)(C)[C@H](CCc1ccccc1)NC(=O)c1ccccc1. The molecule has 0 fully saturated rings. The van der Waals surface area contributed by atoms with Crippen LogP contribution >= 0.6 is 0 Å². The smallest absolute Gasteiger partial charge is 0.251 e. The third-order valence-electron chi connectivity index (χ3n) is 3.95. The number of amides is 1. The zero-order chi connectivity index (χ0) is 16.0. The maximum Gasteiger partial charge on any atom is 0.251 e. The van der Waals surface area contributed by atoms with E-state index in [2.05, 4.69) is 50.4 Å². The molecule has 116 valence electrons. The highest BCUT2D eigenvalue weighted by Crippen LogP contribution is 2.23. The Bertz CT molecular complexity index is 584. The third-order valence-corrected chi connectivity index (χ3v) is 3.95. The molecule has 0 aliphatic carbocycles. The van der Waals surface area contributed by atoms with Gasteiger partial charge in [-0.3, -0.25) is 4.79 Å². The van der Waals surface area contributed by atoms with Crippen LogP contribution in [0.15, 0.2) is 60.7 Å². The second kappa shape index (κ2) is 7.26. The average molecular weight is 295 g/mol. The topological polar surface area (TPSA) is 29.1 Å². The van der Waals surface area contributed by atoms with Crippen molar-refractivity contribution in [3.63, 3.8) is 0 Å². The second-order valence-corrected chi connectivity index (χ2v) is 6.78. The van der Waals surface area contributed by atoms with Crippen LogP contribution in [0.3, 0.4) is 0 Å². The van der Waals surface area contributed by atoms with Crippen molar-refractivity contribution in [2.45, 2.75) is 39.7 Å². The summed E-state index contributed by atoms with van der Waals surface area (Å²) < 4.78 is 0. The van der Waals surface area contributed by atoms with Gasteiger partial charge in [0.1, 0.15) is 0 Å². The lowest BCUT2D eigenvalue weighted by molar-refractivity contribution is 0.0897. The minimum Gasteiger partial charge on any atom is -0.349 e. The number of aryl methyl sites for hydroxylation is 1. The van der Waals surface area contributed by atoms with E-state index in [1.54, 1.807) is 0 Å². The molecule has 22 heavy (non-hydrogen) atoms. The number of nitrogens with one attached hydrogen (secondary N) is 1. The fraction of sp³-hybridized carbons (Fsp3) is 0.350. The summed E-state index contributed by atoms with van der Waals surface area (Å²) in [5.41, 5.74) is 2.06. The first kappa shape index (κ1) is 16.3. The molecule has 2 nitrogen and oxygen atoms in total. The van der Waals surface area contributed by atoms with E-state index in [1.165, 1.54) is 5.56 Å². The van der Waals surface area contributed by atoms with Crippen LogP contribution in [0.2, 0.25) is 0 Å². The maximum absolute atomic E-state index is 12.4. The molecule has 0 unspecified atom stereocenters. The molecule has 2 rings (SSSR count). The summed E-state index contributed by atoms with van der Waals surface area (Å²) >= 11 is 0. The molecule has 0 aliphatic rings. The molecular weight excluding hydrogens is 270 g/mol. The van der Waals surface area contributed by atoms with Gasteiger partial charge in [0, 0.05) is 11.6 Å². The van der Waals surface area contributed by atoms with Gasteiger partial charge < -0.3 is 5.32 Å². The van der Waals surface area contributed by atoms with Crippen LogP contribution in [-0.4, -0.2) is 11.9 Å². The van der Waals surface area contributed by atoms with E-state index in [-0.39, 0.29) is 17.4 Å². The van der Waals surface area contributed by atoms with Crippen LogP contribution in [0, 0.1) is 5.41 Å². The minimum atomic E-state index is 0.00795. The fourth-order valence-corrected chi connectivity index (χ4v) is 2.51. The van der Waals surface area contributed by atoms with Crippen LogP contribution in [-0.2, 0) is 6.42 Å². The second-order valence-electron chi connectivity index (χ2n) is 6.78. The highest BCUT2D eigenvalue weighted by Gasteiger charge is 2.26. The highest BCUT2D eigenvalue weighted by molar-refractivity contribution is 5.94. The monoisotopic (exact) mass is 295 g/mol. The van der Waals surface area contributed by atoms with Gasteiger partial charge in [-0.15, -0.1) is 0 Å². The number of hydrogen-bond acceptors (Lipinski definition) is 1. The van der Waals surface area contributed by atoms with E-state index in [0.29, 0.717) is 0 Å². The predicted octanol–water partition coefficient (Wildman–Crippen LogP) is 4.46. The van der Waals surface area contributed by atoms with Gasteiger partial charge in [0.05, 0.1) is 0 Å². The van der Waals surface area contributed by atoms with Crippen molar-refractivity contribution in [2.24, 2.45) is 5.41 Å². The van der Waals surface area contributed by atoms with Gasteiger partial charge in [-0.05, 0) is 36.0 Å². The number of benzene rings is 2. The standard InChI is InChI=1S/C20H25NO/c1-20(2,3)18(15-14-16-10-6-4-7-11-16)21-19(22)17-12-8-5-9-13-17/h4-13,18H,14-15H2,1-3H3,(H,21,22)/t18-/m0/s1. The molecule has 2 aromatic rings. The largest absolute Gasteiger partial charge is 0.349 e. The van der Waals surface area contributed by atoms with Crippen LogP contribution in [0.1, 0.15) is 43.1 Å². The molecule has 0 aromatic heterocycles. The van der Waals surface area contributed by atoms with Crippen LogP contribution < -0.4 is 5.32 Å². The zero-order valence-corrected chi connectivity index (χ0v) is 13.7. The van der Waals surface area contributed by atoms with Gasteiger partial charge >= 0.3 is 0 Å². The molecule has 1 N–H and O–H groups in total. The molecule has 0 spiro atoms. The molecule has 0 heterocycles. The highest BCUT2D eigenvalue weighted by atomic mass is 16.1. The third kappa shape index (κ3) is 4.73. The van der Waals surface area contributed by atoms with Crippen molar-refractivity contribution in [2.75, 3.05) is 0 Å². The van der Waals surface area contributed by atoms with E-state index >= 15 is 0 Å². The first-order chi connectivity index (χ1) is 10.5. The molecule has 2 aromatic carbocycles. The Morgan fingerprint density at radius 2 is 1.50 bits per heavy atom. The Kier molecular flexibility index (Phi) is 5.37. The van der Waals surface area contributed by atoms with Gasteiger partial charge in [-0.1, -0.05) is 69.3 Å². The Hall–Kier alpha value is -2.09. The summed E-state index contributed by atoms with van der Waals surface area (Å²) in [7, 11) is 0. The molecule has 0 saturated heterocycles. The van der Waals surface area contributed by atoms with Gasteiger partial charge in [0.25, 0.3) is 5.91 Å². The molecule has 2 heteroatoms. The van der Waals surface area contributed by atoms with Gasteiger partial charge in [0.15, 0.2) is 0 Å². The van der Waals surface area contributed by atoms with Crippen LogP contribution in [0.4, 0.5) is 0 Å². The molecule has 1 amide bonds. The van der Waals surface area contributed by atoms with E-state index in [0.717, 1.165) is 18.4 Å². The van der Waals surface area contributed by atoms with Crippen molar-refractivity contribution in [3.8, 4) is 0 Å². The lowest BCUT2D eigenvalue weighted by Crippen LogP contribution is -2.44. The molecule has 0 radical (unpaired) electrons. The van der Waals surface area contributed by atoms with Gasteiger partial charge in [-0.2, -0.15) is 0 Å². The minimum absolute atomic E-state index is 0.00795. The van der Waals surface area contributed by atoms with Gasteiger partial charge in [-0.25, -0.2) is 0 Å². The Morgan fingerprint density at radius 1 is 0.955 bits per heavy atom. The average Bonchev–Trinajstić information content (AvgIpc) is 2.52. The first-order valence-corrected chi connectivity index (χ1v) is 7.86. The summed E-state index contributed by atoms with van der Waals surface area (Å²) in [6.45, 7) is 6.52. The first-order valence-electron chi connectivity index (χ1n) is 7.86. The maximum atomic E-state index is 12.4. The Morgan fingerprint density at radius 3 is 2.05 bits per heavy atom. The summed E-state index contributed by atoms with van der Waals surface area (Å²) in [6.07, 6.45) is 1.91. The molecule has 0 aliphatic heterocycles. The molecule has 1 atom stereocenters. The van der Waals surface area contributed by atoms with Crippen molar-refractivity contribution in [3.05, 3.63) is 71.8 Å². The summed E-state index contributed by atoms with van der Waals surface area (Å²) in [6, 6.07) is 20.0.